The van der Waals surface area contributed by atoms with Gasteiger partial charge in [-0.3, -0.25) is 5.10 Å². The van der Waals surface area contributed by atoms with E-state index in [1.54, 1.807) is 12.1 Å². The lowest BCUT2D eigenvalue weighted by molar-refractivity contribution is 0.619. The Kier molecular flexibility index (Phi) is 3.06. The van der Waals surface area contributed by atoms with Gasteiger partial charge in [0.1, 0.15) is 5.82 Å². The molecule has 5 heteroatoms. The monoisotopic (exact) mass is 296 g/mol. The van der Waals surface area contributed by atoms with Gasteiger partial charge in [-0.2, -0.15) is 5.10 Å². The van der Waals surface area contributed by atoms with Crippen LogP contribution in [0.4, 0.5) is 10.1 Å². The van der Waals surface area contributed by atoms with Crippen LogP contribution in [-0.4, -0.2) is 21.7 Å². The smallest absolute Gasteiger partial charge is 0.181 e. The summed E-state index contributed by atoms with van der Waals surface area (Å²) in [6.07, 6.45) is 3.97. The highest BCUT2D eigenvalue weighted by Gasteiger charge is 2.18. The van der Waals surface area contributed by atoms with Crippen molar-refractivity contribution in [3.05, 3.63) is 53.1 Å². The van der Waals surface area contributed by atoms with E-state index in [0.717, 1.165) is 53.9 Å². The SMILES string of the molecule is Cc1[nH]nc2ncc(CN3CCCc4ccc(F)cc43)cc12. The molecule has 22 heavy (non-hydrogen) atoms. The number of aromatic amines is 1. The molecule has 0 fully saturated rings. The molecule has 0 bridgehead atoms. The van der Waals surface area contributed by atoms with Crippen LogP contribution in [0.2, 0.25) is 0 Å². The third-order valence-corrected chi connectivity index (χ3v) is 4.29. The van der Waals surface area contributed by atoms with Gasteiger partial charge in [-0.25, -0.2) is 9.37 Å². The van der Waals surface area contributed by atoms with Crippen LogP contribution < -0.4 is 4.90 Å². The van der Waals surface area contributed by atoms with E-state index in [1.807, 2.05) is 19.2 Å². The molecule has 0 unspecified atom stereocenters. The Morgan fingerprint density at radius 3 is 3.14 bits per heavy atom. The van der Waals surface area contributed by atoms with Crippen molar-refractivity contribution in [2.45, 2.75) is 26.3 Å². The van der Waals surface area contributed by atoms with Crippen molar-refractivity contribution in [3.63, 3.8) is 0 Å². The first-order valence-electron chi connectivity index (χ1n) is 7.54. The van der Waals surface area contributed by atoms with E-state index in [0.29, 0.717) is 0 Å². The largest absolute Gasteiger partial charge is 0.367 e. The van der Waals surface area contributed by atoms with Gasteiger partial charge in [0.2, 0.25) is 0 Å². The Balaban J connectivity index is 1.68. The van der Waals surface area contributed by atoms with Crippen LogP contribution in [0.15, 0.2) is 30.5 Å². The minimum Gasteiger partial charge on any atom is -0.367 e. The molecule has 0 radical (unpaired) electrons. The highest BCUT2D eigenvalue weighted by Crippen LogP contribution is 2.29. The van der Waals surface area contributed by atoms with Crippen LogP contribution in [0.5, 0.6) is 0 Å². The summed E-state index contributed by atoms with van der Waals surface area (Å²) >= 11 is 0. The summed E-state index contributed by atoms with van der Waals surface area (Å²) in [4.78, 5) is 6.63. The zero-order valence-electron chi connectivity index (χ0n) is 12.4. The van der Waals surface area contributed by atoms with Crippen molar-refractivity contribution < 1.29 is 4.39 Å². The molecular formula is C17H17FN4. The zero-order valence-corrected chi connectivity index (χ0v) is 12.4. The summed E-state index contributed by atoms with van der Waals surface area (Å²) in [6, 6.07) is 7.21. The minimum absolute atomic E-state index is 0.176. The summed E-state index contributed by atoms with van der Waals surface area (Å²) < 4.78 is 13.6. The molecule has 2 aromatic heterocycles. The van der Waals surface area contributed by atoms with Crippen LogP contribution in [0.1, 0.15) is 23.2 Å². The van der Waals surface area contributed by atoms with Gasteiger partial charge < -0.3 is 4.90 Å². The third kappa shape index (κ3) is 2.22. The van der Waals surface area contributed by atoms with Crippen molar-refractivity contribution in [2.75, 3.05) is 11.4 Å². The van der Waals surface area contributed by atoms with Gasteiger partial charge in [0.25, 0.3) is 0 Å². The molecule has 1 N–H and O–H groups in total. The normalized spacial score (nSPS) is 14.4. The molecule has 1 aromatic carbocycles. The number of rotatable bonds is 2. The molecule has 0 saturated carbocycles. The predicted octanol–water partition coefficient (Wildman–Crippen LogP) is 3.36. The first-order valence-corrected chi connectivity index (χ1v) is 7.54. The van der Waals surface area contributed by atoms with Crippen LogP contribution in [-0.2, 0) is 13.0 Å². The van der Waals surface area contributed by atoms with Gasteiger partial charge in [-0.15, -0.1) is 0 Å². The molecule has 0 spiro atoms. The van der Waals surface area contributed by atoms with E-state index in [1.165, 1.54) is 5.56 Å². The lowest BCUT2D eigenvalue weighted by Gasteiger charge is -2.31. The van der Waals surface area contributed by atoms with Crippen LogP contribution in [0, 0.1) is 12.7 Å². The second-order valence-corrected chi connectivity index (χ2v) is 5.86. The van der Waals surface area contributed by atoms with Crippen LogP contribution >= 0.6 is 0 Å². The van der Waals surface area contributed by atoms with Gasteiger partial charge in [0.05, 0.1) is 0 Å². The fraction of sp³-hybridized carbons (Fsp3) is 0.294. The van der Waals surface area contributed by atoms with Crippen molar-refractivity contribution in [2.24, 2.45) is 0 Å². The highest BCUT2D eigenvalue weighted by molar-refractivity contribution is 5.77. The van der Waals surface area contributed by atoms with E-state index in [2.05, 4.69) is 26.1 Å². The van der Waals surface area contributed by atoms with Gasteiger partial charge in [0.15, 0.2) is 5.65 Å². The van der Waals surface area contributed by atoms with Crippen LogP contribution in [0.3, 0.4) is 0 Å². The number of hydrogen-bond acceptors (Lipinski definition) is 3. The van der Waals surface area contributed by atoms with Gasteiger partial charge in [-0.05, 0) is 49.1 Å². The molecule has 3 aromatic rings. The maximum Gasteiger partial charge on any atom is 0.181 e. The van der Waals surface area contributed by atoms with E-state index in [4.69, 9.17) is 0 Å². The quantitative estimate of drug-likeness (QED) is 0.788. The molecule has 0 atom stereocenters. The zero-order chi connectivity index (χ0) is 15.1. The number of H-pyrrole nitrogens is 1. The topological polar surface area (TPSA) is 44.8 Å². The summed E-state index contributed by atoms with van der Waals surface area (Å²) in [5.41, 5.74) is 5.12. The van der Waals surface area contributed by atoms with Gasteiger partial charge in [-0.1, -0.05) is 6.07 Å². The van der Waals surface area contributed by atoms with Crippen molar-refractivity contribution in [1.29, 1.82) is 0 Å². The average molecular weight is 296 g/mol. The summed E-state index contributed by atoms with van der Waals surface area (Å²) in [5.74, 6) is -0.176. The summed E-state index contributed by atoms with van der Waals surface area (Å²) in [7, 11) is 0. The Bertz CT molecular complexity index is 840. The second kappa shape index (κ2) is 5.09. The number of pyridine rings is 1. The standard InChI is InChI=1S/C17H17FN4/c1-11-15-7-12(9-19-17(15)21-20-11)10-22-6-2-3-13-4-5-14(18)8-16(13)22/h4-5,7-9H,2-3,6,10H2,1H3,(H,19,20,21). The number of nitrogens with zero attached hydrogens (tertiary/aromatic N) is 3. The lowest BCUT2D eigenvalue weighted by Crippen LogP contribution is -2.29. The minimum atomic E-state index is -0.176. The maximum absolute atomic E-state index is 13.6. The van der Waals surface area contributed by atoms with E-state index in [9.17, 15) is 4.39 Å². The number of nitrogens with one attached hydrogen (secondary N) is 1. The average Bonchev–Trinajstić information content (AvgIpc) is 2.89. The lowest BCUT2D eigenvalue weighted by atomic mass is 10.0. The van der Waals surface area contributed by atoms with E-state index in [-0.39, 0.29) is 5.82 Å². The molecule has 0 aliphatic carbocycles. The predicted molar refractivity (Wildman–Crippen MR) is 84.4 cm³/mol. The molecule has 0 amide bonds. The molecule has 4 rings (SSSR count). The van der Waals surface area contributed by atoms with E-state index < -0.39 is 0 Å². The van der Waals surface area contributed by atoms with Gasteiger partial charge >= 0.3 is 0 Å². The van der Waals surface area contributed by atoms with Gasteiger partial charge in [0, 0.05) is 36.1 Å². The molecule has 1 aliphatic rings. The molecule has 1 aliphatic heterocycles. The Hall–Kier alpha value is -2.43. The maximum atomic E-state index is 13.6. The summed E-state index contributed by atoms with van der Waals surface area (Å²) in [5, 5.41) is 8.16. The molecule has 112 valence electrons. The number of benzene rings is 1. The number of hydrogen-bond donors (Lipinski definition) is 1. The third-order valence-electron chi connectivity index (χ3n) is 4.29. The number of halogens is 1. The number of aryl methyl sites for hydroxylation is 2. The first-order chi connectivity index (χ1) is 10.7. The molecule has 4 nitrogen and oxygen atoms in total. The van der Waals surface area contributed by atoms with Crippen molar-refractivity contribution in [3.8, 4) is 0 Å². The molecule has 3 heterocycles. The van der Waals surface area contributed by atoms with Crippen LogP contribution in [0.25, 0.3) is 11.0 Å². The Morgan fingerprint density at radius 1 is 1.32 bits per heavy atom. The van der Waals surface area contributed by atoms with E-state index >= 15 is 0 Å². The second-order valence-electron chi connectivity index (χ2n) is 5.86. The Morgan fingerprint density at radius 2 is 2.23 bits per heavy atom. The van der Waals surface area contributed by atoms with Crippen molar-refractivity contribution in [1.82, 2.24) is 15.2 Å². The Labute approximate surface area is 128 Å². The number of fused-ring (bicyclic) bond motifs is 2. The number of aromatic nitrogens is 3. The first kappa shape index (κ1) is 13.2. The summed E-state index contributed by atoms with van der Waals surface area (Å²) in [6.45, 7) is 3.68. The molecule has 0 saturated heterocycles. The fourth-order valence-electron chi connectivity index (χ4n) is 3.16. The fourth-order valence-corrected chi connectivity index (χ4v) is 3.16. The highest BCUT2D eigenvalue weighted by atomic mass is 19.1. The number of anilines is 1. The van der Waals surface area contributed by atoms with Crippen molar-refractivity contribution >= 4 is 16.7 Å². The molecular weight excluding hydrogens is 279 g/mol.